The highest BCUT2D eigenvalue weighted by atomic mass is 16.6. The number of rotatable bonds is 6. The highest BCUT2D eigenvalue weighted by Gasteiger charge is 2.24. The molecule has 4 nitrogen and oxygen atoms in total. The summed E-state index contributed by atoms with van der Waals surface area (Å²) in [6.07, 6.45) is 0.547. The Morgan fingerprint density at radius 3 is 2.45 bits per heavy atom. The molecule has 2 fully saturated rings. The maximum Gasteiger partial charge on any atom is 0.127 e. The SMILES string of the molecule is c1cc(OC[C@@H]2CO2)c2ccc(OC[C@H]3CO3)cc2c1. The zero-order valence-electron chi connectivity index (χ0n) is 11.1. The molecule has 0 saturated carbocycles. The Bertz CT molecular complexity index is 617. The molecule has 0 amide bonds. The van der Waals surface area contributed by atoms with Crippen molar-refractivity contribution < 1.29 is 18.9 Å². The predicted molar refractivity (Wildman–Crippen MR) is 74.4 cm³/mol. The lowest BCUT2D eigenvalue weighted by Crippen LogP contribution is -2.05. The first-order valence-electron chi connectivity index (χ1n) is 6.90. The van der Waals surface area contributed by atoms with Gasteiger partial charge in [-0.25, -0.2) is 0 Å². The van der Waals surface area contributed by atoms with E-state index in [0.717, 1.165) is 35.5 Å². The standard InChI is InChI=1S/C16H16O4/c1-2-11-6-12(17-7-13-8-18-13)4-5-15(11)16(3-1)20-10-14-9-19-14/h1-6,13-14H,7-10H2/t13-,14-/m0/s1. The zero-order valence-corrected chi connectivity index (χ0v) is 11.1. The second-order valence-electron chi connectivity index (χ2n) is 5.17. The first-order valence-corrected chi connectivity index (χ1v) is 6.90. The second-order valence-corrected chi connectivity index (χ2v) is 5.17. The van der Waals surface area contributed by atoms with Crippen LogP contribution in [-0.4, -0.2) is 38.6 Å². The molecule has 0 unspecified atom stereocenters. The molecule has 2 saturated heterocycles. The topological polar surface area (TPSA) is 43.5 Å². The molecule has 0 aromatic heterocycles. The maximum atomic E-state index is 5.81. The summed E-state index contributed by atoms with van der Waals surface area (Å²) in [7, 11) is 0. The van der Waals surface area contributed by atoms with Gasteiger partial charge in [-0.1, -0.05) is 12.1 Å². The molecule has 0 radical (unpaired) electrons. The molecule has 0 aliphatic carbocycles. The van der Waals surface area contributed by atoms with Gasteiger partial charge in [-0.2, -0.15) is 0 Å². The van der Waals surface area contributed by atoms with Crippen molar-refractivity contribution in [3.8, 4) is 11.5 Å². The number of epoxide rings is 2. The molecule has 0 bridgehead atoms. The van der Waals surface area contributed by atoms with Crippen molar-refractivity contribution in [1.82, 2.24) is 0 Å². The van der Waals surface area contributed by atoms with Crippen LogP contribution < -0.4 is 9.47 Å². The average Bonchev–Trinajstić information content (AvgIpc) is 3.37. The van der Waals surface area contributed by atoms with Crippen molar-refractivity contribution in [1.29, 1.82) is 0 Å². The van der Waals surface area contributed by atoms with Crippen molar-refractivity contribution in [2.75, 3.05) is 26.4 Å². The van der Waals surface area contributed by atoms with Crippen molar-refractivity contribution in [2.45, 2.75) is 12.2 Å². The Labute approximate surface area is 117 Å². The van der Waals surface area contributed by atoms with Crippen molar-refractivity contribution in [2.24, 2.45) is 0 Å². The fraction of sp³-hybridized carbons (Fsp3) is 0.375. The zero-order chi connectivity index (χ0) is 13.4. The molecule has 104 valence electrons. The fourth-order valence-corrected chi connectivity index (χ4v) is 2.15. The third-order valence-electron chi connectivity index (χ3n) is 3.48. The summed E-state index contributed by atoms with van der Waals surface area (Å²) >= 11 is 0. The largest absolute Gasteiger partial charge is 0.491 e. The predicted octanol–water partition coefficient (Wildman–Crippen LogP) is 2.40. The van der Waals surface area contributed by atoms with Crippen molar-refractivity contribution in [3.63, 3.8) is 0 Å². The molecule has 2 aromatic carbocycles. The summed E-state index contributed by atoms with van der Waals surface area (Å²) in [6.45, 7) is 2.87. The molecule has 20 heavy (non-hydrogen) atoms. The minimum Gasteiger partial charge on any atom is -0.491 e. The average molecular weight is 272 g/mol. The molecule has 4 rings (SSSR count). The van der Waals surface area contributed by atoms with Crippen LogP contribution in [0.3, 0.4) is 0 Å². The molecule has 2 atom stereocenters. The van der Waals surface area contributed by atoms with E-state index in [-0.39, 0.29) is 12.2 Å². The van der Waals surface area contributed by atoms with E-state index in [1.54, 1.807) is 0 Å². The van der Waals surface area contributed by atoms with E-state index in [1.807, 2.05) is 30.3 Å². The Morgan fingerprint density at radius 1 is 0.950 bits per heavy atom. The molecule has 2 aromatic rings. The fourth-order valence-electron chi connectivity index (χ4n) is 2.15. The summed E-state index contributed by atoms with van der Waals surface area (Å²) < 4.78 is 21.8. The van der Waals surface area contributed by atoms with Gasteiger partial charge in [0.2, 0.25) is 0 Å². The molecular formula is C16H16O4. The summed E-state index contributed by atoms with van der Waals surface area (Å²) in [5.74, 6) is 1.77. The van der Waals surface area contributed by atoms with Crippen LogP contribution in [0.1, 0.15) is 0 Å². The lowest BCUT2D eigenvalue weighted by Gasteiger charge is -2.10. The van der Waals surface area contributed by atoms with Gasteiger partial charge in [-0.15, -0.1) is 0 Å². The molecule has 0 spiro atoms. The normalized spacial score (nSPS) is 23.6. The smallest absolute Gasteiger partial charge is 0.127 e. The monoisotopic (exact) mass is 272 g/mol. The highest BCUT2D eigenvalue weighted by Crippen LogP contribution is 2.29. The van der Waals surface area contributed by atoms with E-state index in [2.05, 4.69) is 6.07 Å². The minimum atomic E-state index is 0.270. The van der Waals surface area contributed by atoms with E-state index in [9.17, 15) is 0 Å². The quantitative estimate of drug-likeness (QED) is 0.757. The molecular weight excluding hydrogens is 256 g/mol. The van der Waals surface area contributed by atoms with Crippen LogP contribution in [0.5, 0.6) is 11.5 Å². The molecule has 2 aliphatic rings. The third-order valence-corrected chi connectivity index (χ3v) is 3.48. The summed E-state index contributed by atoms with van der Waals surface area (Å²) in [5.41, 5.74) is 0. The van der Waals surface area contributed by atoms with Gasteiger partial charge in [-0.3, -0.25) is 0 Å². The lowest BCUT2D eigenvalue weighted by atomic mass is 10.1. The van der Waals surface area contributed by atoms with Crippen molar-refractivity contribution >= 4 is 10.8 Å². The van der Waals surface area contributed by atoms with E-state index in [4.69, 9.17) is 18.9 Å². The molecule has 2 aliphatic heterocycles. The lowest BCUT2D eigenvalue weighted by molar-refractivity contribution is 0.263. The van der Waals surface area contributed by atoms with Gasteiger partial charge < -0.3 is 18.9 Å². The number of benzene rings is 2. The first kappa shape index (κ1) is 12.0. The van der Waals surface area contributed by atoms with Gasteiger partial charge in [0, 0.05) is 5.39 Å². The third kappa shape index (κ3) is 2.71. The maximum absolute atomic E-state index is 5.81. The Balaban J connectivity index is 1.54. The van der Waals surface area contributed by atoms with Gasteiger partial charge in [0.25, 0.3) is 0 Å². The van der Waals surface area contributed by atoms with Crippen molar-refractivity contribution in [3.05, 3.63) is 36.4 Å². The molecule has 0 N–H and O–H groups in total. The van der Waals surface area contributed by atoms with E-state index in [1.165, 1.54) is 0 Å². The van der Waals surface area contributed by atoms with Gasteiger partial charge in [0.05, 0.1) is 13.2 Å². The van der Waals surface area contributed by atoms with Crippen LogP contribution in [0.15, 0.2) is 36.4 Å². The van der Waals surface area contributed by atoms with Crippen LogP contribution in [0.4, 0.5) is 0 Å². The highest BCUT2D eigenvalue weighted by molar-refractivity contribution is 5.89. The molecule has 2 heterocycles. The summed E-state index contributed by atoms with van der Waals surface area (Å²) in [5, 5.41) is 2.22. The number of ether oxygens (including phenoxy) is 4. The van der Waals surface area contributed by atoms with Gasteiger partial charge in [0.1, 0.15) is 36.9 Å². The summed E-state index contributed by atoms with van der Waals surface area (Å²) in [6, 6.07) is 12.1. The first-order chi connectivity index (χ1) is 9.88. The van der Waals surface area contributed by atoms with Crippen LogP contribution in [0.25, 0.3) is 10.8 Å². The number of fused-ring (bicyclic) bond motifs is 1. The Morgan fingerprint density at radius 2 is 1.70 bits per heavy atom. The van der Waals surface area contributed by atoms with E-state index < -0.39 is 0 Å². The Hall–Kier alpha value is -1.78. The molecule has 4 heteroatoms. The Kier molecular flexibility index (Phi) is 2.98. The number of hydrogen-bond donors (Lipinski definition) is 0. The van der Waals surface area contributed by atoms with Gasteiger partial charge in [0.15, 0.2) is 0 Å². The van der Waals surface area contributed by atoms with Gasteiger partial charge in [-0.05, 0) is 29.7 Å². The van der Waals surface area contributed by atoms with E-state index in [0.29, 0.717) is 13.2 Å². The minimum absolute atomic E-state index is 0.270. The van der Waals surface area contributed by atoms with Crippen LogP contribution >= 0.6 is 0 Å². The van der Waals surface area contributed by atoms with Crippen LogP contribution in [-0.2, 0) is 9.47 Å². The van der Waals surface area contributed by atoms with E-state index >= 15 is 0 Å². The van der Waals surface area contributed by atoms with Gasteiger partial charge >= 0.3 is 0 Å². The second kappa shape index (κ2) is 4.96. The number of hydrogen-bond acceptors (Lipinski definition) is 4. The van der Waals surface area contributed by atoms with Crippen LogP contribution in [0, 0.1) is 0 Å². The van der Waals surface area contributed by atoms with Crippen LogP contribution in [0.2, 0.25) is 0 Å². The summed E-state index contributed by atoms with van der Waals surface area (Å²) in [4.78, 5) is 0.